The van der Waals surface area contributed by atoms with Crippen LogP contribution in [0.15, 0.2) is 30.5 Å². The molecule has 0 bridgehead atoms. The summed E-state index contributed by atoms with van der Waals surface area (Å²) in [5.41, 5.74) is 1.56. The zero-order valence-corrected chi connectivity index (χ0v) is 10.1. The lowest BCUT2D eigenvalue weighted by molar-refractivity contribution is -0.141. The average molecular weight is 259 g/mol. The molecule has 6 heteroatoms. The van der Waals surface area contributed by atoms with Crippen LogP contribution in [0.5, 0.6) is 0 Å². The standard InChI is InChI=1S/C13H13N3O3/c17-13(18)9-6-19-7-12(9)15-11-5-14-16-10-4-2-1-3-8(10)11/h1-5,9,12H,6-7H2,(H,15,16)(H,17,18). The third-order valence-corrected chi connectivity index (χ3v) is 3.29. The monoisotopic (exact) mass is 259 g/mol. The van der Waals surface area contributed by atoms with Crippen LogP contribution in [-0.2, 0) is 9.53 Å². The van der Waals surface area contributed by atoms with Crippen LogP contribution in [0, 0.1) is 5.92 Å². The Balaban J connectivity index is 1.91. The van der Waals surface area contributed by atoms with Gasteiger partial charge in [0.15, 0.2) is 0 Å². The third-order valence-electron chi connectivity index (χ3n) is 3.29. The molecule has 2 N–H and O–H groups in total. The number of hydrogen-bond donors (Lipinski definition) is 2. The molecule has 0 amide bonds. The third kappa shape index (κ3) is 2.22. The van der Waals surface area contributed by atoms with Gasteiger partial charge in [0.05, 0.1) is 36.7 Å². The molecular formula is C13H13N3O3. The minimum atomic E-state index is -0.846. The summed E-state index contributed by atoms with van der Waals surface area (Å²) in [7, 11) is 0. The Bertz CT molecular complexity index is 612. The number of ether oxygens (including phenoxy) is 1. The molecule has 19 heavy (non-hydrogen) atoms. The summed E-state index contributed by atoms with van der Waals surface area (Å²) >= 11 is 0. The van der Waals surface area contributed by atoms with Gasteiger partial charge in [-0.2, -0.15) is 10.2 Å². The van der Waals surface area contributed by atoms with E-state index in [1.807, 2.05) is 24.3 Å². The number of rotatable bonds is 3. The number of nitrogens with one attached hydrogen (secondary N) is 1. The van der Waals surface area contributed by atoms with Crippen LogP contribution >= 0.6 is 0 Å². The maximum absolute atomic E-state index is 11.1. The normalized spacial score (nSPS) is 22.5. The Kier molecular flexibility index (Phi) is 3.00. The maximum atomic E-state index is 11.1. The number of aliphatic carboxylic acids is 1. The van der Waals surface area contributed by atoms with E-state index in [1.54, 1.807) is 6.20 Å². The van der Waals surface area contributed by atoms with Gasteiger partial charge in [0, 0.05) is 5.39 Å². The van der Waals surface area contributed by atoms with Crippen molar-refractivity contribution in [2.75, 3.05) is 18.5 Å². The largest absolute Gasteiger partial charge is 0.481 e. The van der Waals surface area contributed by atoms with Crippen LogP contribution in [0.1, 0.15) is 0 Å². The van der Waals surface area contributed by atoms with Gasteiger partial charge in [-0.15, -0.1) is 0 Å². The summed E-state index contributed by atoms with van der Waals surface area (Å²) in [5, 5.41) is 21.2. The lowest BCUT2D eigenvalue weighted by Crippen LogP contribution is -2.33. The van der Waals surface area contributed by atoms with Crippen LogP contribution in [0.3, 0.4) is 0 Å². The lowest BCUT2D eigenvalue weighted by atomic mass is 10.0. The number of carboxylic acids is 1. The highest BCUT2D eigenvalue weighted by atomic mass is 16.5. The Morgan fingerprint density at radius 1 is 1.37 bits per heavy atom. The van der Waals surface area contributed by atoms with Crippen molar-refractivity contribution in [3.05, 3.63) is 30.5 Å². The number of carbonyl (C=O) groups is 1. The summed E-state index contributed by atoms with van der Waals surface area (Å²) < 4.78 is 5.24. The maximum Gasteiger partial charge on any atom is 0.311 e. The van der Waals surface area contributed by atoms with Crippen molar-refractivity contribution in [1.29, 1.82) is 0 Å². The fourth-order valence-corrected chi connectivity index (χ4v) is 2.26. The molecule has 1 fully saturated rings. The van der Waals surface area contributed by atoms with E-state index in [2.05, 4.69) is 15.5 Å². The van der Waals surface area contributed by atoms with Crippen LogP contribution in [-0.4, -0.2) is 40.5 Å². The molecule has 98 valence electrons. The van der Waals surface area contributed by atoms with Crippen molar-refractivity contribution in [3.8, 4) is 0 Å². The smallest absolute Gasteiger partial charge is 0.311 e. The summed E-state index contributed by atoms with van der Waals surface area (Å²) in [6, 6.07) is 7.35. The average Bonchev–Trinajstić information content (AvgIpc) is 2.87. The first-order valence-electron chi connectivity index (χ1n) is 6.03. The molecule has 1 aromatic carbocycles. The number of carboxylic acid groups (broad SMARTS) is 1. The van der Waals surface area contributed by atoms with Crippen molar-refractivity contribution in [2.45, 2.75) is 6.04 Å². The minimum Gasteiger partial charge on any atom is -0.481 e. The number of anilines is 1. The predicted molar refractivity (Wildman–Crippen MR) is 68.9 cm³/mol. The zero-order chi connectivity index (χ0) is 13.2. The number of fused-ring (bicyclic) bond motifs is 1. The number of benzene rings is 1. The van der Waals surface area contributed by atoms with Gasteiger partial charge in [-0.3, -0.25) is 4.79 Å². The molecular weight excluding hydrogens is 246 g/mol. The Labute approximate surface area is 109 Å². The summed E-state index contributed by atoms with van der Waals surface area (Å²) in [6.07, 6.45) is 1.61. The molecule has 0 saturated carbocycles. The van der Waals surface area contributed by atoms with Gasteiger partial charge in [-0.05, 0) is 6.07 Å². The summed E-state index contributed by atoms with van der Waals surface area (Å²) in [4.78, 5) is 11.1. The van der Waals surface area contributed by atoms with Gasteiger partial charge in [0.1, 0.15) is 5.92 Å². The predicted octanol–water partition coefficient (Wildman–Crippen LogP) is 1.14. The van der Waals surface area contributed by atoms with E-state index in [-0.39, 0.29) is 12.6 Å². The highest BCUT2D eigenvalue weighted by Crippen LogP contribution is 2.24. The summed E-state index contributed by atoms with van der Waals surface area (Å²) in [5.74, 6) is -1.38. The van der Waals surface area contributed by atoms with E-state index in [1.165, 1.54) is 0 Å². The molecule has 0 spiro atoms. The van der Waals surface area contributed by atoms with Gasteiger partial charge in [0.2, 0.25) is 0 Å². The first-order chi connectivity index (χ1) is 9.25. The topological polar surface area (TPSA) is 84.3 Å². The molecule has 0 aliphatic carbocycles. The Morgan fingerprint density at radius 3 is 3.05 bits per heavy atom. The van der Waals surface area contributed by atoms with Crippen LogP contribution < -0.4 is 5.32 Å². The second kappa shape index (κ2) is 4.81. The van der Waals surface area contributed by atoms with E-state index in [0.29, 0.717) is 6.61 Å². The van der Waals surface area contributed by atoms with Gasteiger partial charge < -0.3 is 15.2 Å². The number of aromatic nitrogens is 2. The fraction of sp³-hybridized carbons (Fsp3) is 0.308. The zero-order valence-electron chi connectivity index (χ0n) is 10.1. The van der Waals surface area contributed by atoms with Gasteiger partial charge in [0.25, 0.3) is 0 Å². The van der Waals surface area contributed by atoms with Crippen molar-refractivity contribution in [1.82, 2.24) is 10.2 Å². The molecule has 2 unspecified atom stereocenters. The molecule has 2 heterocycles. The highest BCUT2D eigenvalue weighted by Gasteiger charge is 2.34. The van der Waals surface area contributed by atoms with Crippen molar-refractivity contribution in [2.24, 2.45) is 5.92 Å². The van der Waals surface area contributed by atoms with E-state index in [4.69, 9.17) is 9.84 Å². The SMILES string of the molecule is O=C(O)C1COCC1Nc1cnnc2ccccc12. The van der Waals surface area contributed by atoms with Crippen molar-refractivity contribution in [3.63, 3.8) is 0 Å². The van der Waals surface area contributed by atoms with Crippen molar-refractivity contribution < 1.29 is 14.6 Å². The van der Waals surface area contributed by atoms with E-state index in [0.717, 1.165) is 16.6 Å². The quantitative estimate of drug-likeness (QED) is 0.860. The molecule has 1 saturated heterocycles. The molecule has 1 aromatic heterocycles. The fourth-order valence-electron chi connectivity index (χ4n) is 2.26. The molecule has 2 atom stereocenters. The highest BCUT2D eigenvalue weighted by molar-refractivity contribution is 5.90. The van der Waals surface area contributed by atoms with Crippen LogP contribution in [0.25, 0.3) is 10.9 Å². The van der Waals surface area contributed by atoms with Gasteiger partial charge >= 0.3 is 5.97 Å². The summed E-state index contributed by atoms with van der Waals surface area (Å²) in [6.45, 7) is 0.622. The second-order valence-corrected chi connectivity index (χ2v) is 4.51. The van der Waals surface area contributed by atoms with Gasteiger partial charge in [-0.25, -0.2) is 0 Å². The second-order valence-electron chi connectivity index (χ2n) is 4.51. The van der Waals surface area contributed by atoms with Crippen LogP contribution in [0.4, 0.5) is 5.69 Å². The molecule has 3 rings (SSSR count). The van der Waals surface area contributed by atoms with Crippen LogP contribution in [0.2, 0.25) is 0 Å². The lowest BCUT2D eigenvalue weighted by Gasteiger charge is -2.17. The number of nitrogens with zero attached hydrogens (tertiary/aromatic N) is 2. The Morgan fingerprint density at radius 2 is 2.21 bits per heavy atom. The van der Waals surface area contributed by atoms with E-state index < -0.39 is 11.9 Å². The van der Waals surface area contributed by atoms with E-state index >= 15 is 0 Å². The molecule has 2 aromatic rings. The van der Waals surface area contributed by atoms with Gasteiger partial charge in [-0.1, -0.05) is 18.2 Å². The first-order valence-corrected chi connectivity index (χ1v) is 6.03. The van der Waals surface area contributed by atoms with Crippen molar-refractivity contribution >= 4 is 22.6 Å². The Hall–Kier alpha value is -2.21. The van der Waals surface area contributed by atoms with E-state index in [9.17, 15) is 4.79 Å². The molecule has 6 nitrogen and oxygen atoms in total. The first kappa shape index (κ1) is 11.9. The number of hydrogen-bond acceptors (Lipinski definition) is 5. The molecule has 1 aliphatic heterocycles. The minimum absolute atomic E-state index is 0.240. The molecule has 0 radical (unpaired) electrons. The molecule has 1 aliphatic rings.